The van der Waals surface area contributed by atoms with Crippen LogP contribution >= 0.6 is 0 Å². The monoisotopic (exact) mass is 414 g/mol. The van der Waals surface area contributed by atoms with Crippen molar-refractivity contribution in [2.75, 3.05) is 11.9 Å². The van der Waals surface area contributed by atoms with Crippen LogP contribution in [0.2, 0.25) is 0 Å². The van der Waals surface area contributed by atoms with Crippen LogP contribution in [0.3, 0.4) is 0 Å². The highest BCUT2D eigenvalue weighted by Crippen LogP contribution is 2.28. The van der Waals surface area contributed by atoms with Gasteiger partial charge in [0.1, 0.15) is 0 Å². The molecule has 0 saturated heterocycles. The maximum absolute atomic E-state index is 13.4. The summed E-state index contributed by atoms with van der Waals surface area (Å²) < 4.78 is 28.2. The van der Waals surface area contributed by atoms with E-state index >= 15 is 0 Å². The van der Waals surface area contributed by atoms with Crippen molar-refractivity contribution in [1.29, 1.82) is 0 Å². The summed E-state index contributed by atoms with van der Waals surface area (Å²) in [5, 5.41) is 2.94. The van der Waals surface area contributed by atoms with Crippen molar-refractivity contribution in [2.45, 2.75) is 63.8 Å². The third kappa shape index (κ3) is 5.06. The Kier molecular flexibility index (Phi) is 6.75. The highest BCUT2D eigenvalue weighted by atomic mass is 32.2. The van der Waals surface area contributed by atoms with Crippen molar-refractivity contribution in [3.05, 3.63) is 59.2 Å². The van der Waals surface area contributed by atoms with Crippen LogP contribution in [-0.4, -0.2) is 31.2 Å². The third-order valence-electron chi connectivity index (χ3n) is 5.65. The second kappa shape index (κ2) is 9.09. The van der Waals surface area contributed by atoms with Crippen LogP contribution < -0.4 is 5.32 Å². The smallest absolute Gasteiger partial charge is 0.243 e. The first-order valence-electron chi connectivity index (χ1n) is 10.2. The Bertz CT molecular complexity index is 942. The van der Waals surface area contributed by atoms with E-state index in [2.05, 4.69) is 5.32 Å². The van der Waals surface area contributed by atoms with Gasteiger partial charge < -0.3 is 5.32 Å². The van der Waals surface area contributed by atoms with Gasteiger partial charge in [-0.25, -0.2) is 8.42 Å². The number of hydrogen-bond donors (Lipinski definition) is 1. The fraction of sp³-hybridized carbons (Fsp3) is 0.435. The van der Waals surface area contributed by atoms with Crippen molar-refractivity contribution in [2.24, 2.45) is 0 Å². The number of nitrogens with one attached hydrogen (secondary N) is 1. The molecule has 0 atom stereocenters. The van der Waals surface area contributed by atoms with Crippen LogP contribution in [0, 0.1) is 20.8 Å². The molecule has 1 amide bonds. The second-order valence-corrected chi connectivity index (χ2v) is 9.86. The van der Waals surface area contributed by atoms with E-state index < -0.39 is 10.0 Å². The number of carbonyl (C=O) groups excluding carboxylic acids is 1. The number of aryl methyl sites for hydroxylation is 3. The van der Waals surface area contributed by atoms with Crippen LogP contribution in [0.5, 0.6) is 0 Å². The topological polar surface area (TPSA) is 66.5 Å². The molecular formula is C23H30N2O3S. The van der Waals surface area contributed by atoms with E-state index in [1.807, 2.05) is 39.0 Å². The first kappa shape index (κ1) is 21.5. The van der Waals surface area contributed by atoms with Crippen LogP contribution in [0.25, 0.3) is 0 Å². The summed E-state index contributed by atoms with van der Waals surface area (Å²) >= 11 is 0. The highest BCUT2D eigenvalue weighted by Gasteiger charge is 2.34. The zero-order valence-electron chi connectivity index (χ0n) is 17.4. The Morgan fingerprint density at radius 1 is 0.966 bits per heavy atom. The van der Waals surface area contributed by atoms with Gasteiger partial charge in [-0.2, -0.15) is 4.31 Å². The quantitative estimate of drug-likeness (QED) is 0.753. The van der Waals surface area contributed by atoms with E-state index in [0.717, 1.165) is 54.5 Å². The molecule has 3 rings (SSSR count). The van der Waals surface area contributed by atoms with Gasteiger partial charge in [-0.05, 0) is 56.9 Å². The van der Waals surface area contributed by atoms with Gasteiger partial charge in [0.05, 0.1) is 11.4 Å². The summed E-state index contributed by atoms with van der Waals surface area (Å²) in [5.41, 5.74) is 3.68. The van der Waals surface area contributed by atoms with E-state index in [9.17, 15) is 13.2 Å². The number of carbonyl (C=O) groups is 1. The Balaban J connectivity index is 1.87. The molecule has 6 heteroatoms. The number of anilines is 1. The molecule has 1 saturated carbocycles. The Labute approximate surface area is 174 Å². The summed E-state index contributed by atoms with van der Waals surface area (Å²) in [7, 11) is -3.75. The molecule has 0 aromatic heterocycles. The summed E-state index contributed by atoms with van der Waals surface area (Å²) in [6.45, 7) is 5.62. The molecule has 0 spiro atoms. The number of nitrogens with zero attached hydrogens (tertiary/aromatic N) is 1. The number of rotatable bonds is 6. The molecule has 0 radical (unpaired) electrons. The lowest BCUT2D eigenvalue weighted by molar-refractivity contribution is -0.116. The zero-order chi connectivity index (χ0) is 21.0. The fourth-order valence-electron chi connectivity index (χ4n) is 3.96. The average Bonchev–Trinajstić information content (AvgIpc) is 2.70. The maximum atomic E-state index is 13.4. The maximum Gasteiger partial charge on any atom is 0.243 e. The van der Waals surface area contributed by atoms with Gasteiger partial charge in [0.25, 0.3) is 0 Å². The van der Waals surface area contributed by atoms with Gasteiger partial charge >= 0.3 is 0 Å². The van der Waals surface area contributed by atoms with Gasteiger partial charge in [0.2, 0.25) is 15.9 Å². The number of sulfonamides is 1. The minimum atomic E-state index is -3.75. The lowest BCUT2D eigenvalue weighted by Gasteiger charge is -2.33. The number of benzene rings is 2. The Morgan fingerprint density at radius 2 is 1.55 bits per heavy atom. The molecule has 1 aliphatic rings. The number of amides is 1. The van der Waals surface area contributed by atoms with E-state index in [1.165, 1.54) is 4.31 Å². The Morgan fingerprint density at radius 3 is 2.14 bits per heavy atom. The fourth-order valence-corrected chi connectivity index (χ4v) is 5.60. The molecule has 2 aromatic rings. The molecular weight excluding hydrogens is 384 g/mol. The molecule has 2 aromatic carbocycles. The predicted molar refractivity (Wildman–Crippen MR) is 116 cm³/mol. The van der Waals surface area contributed by atoms with Crippen LogP contribution in [0.1, 0.15) is 48.8 Å². The second-order valence-electron chi connectivity index (χ2n) is 7.97. The summed E-state index contributed by atoms with van der Waals surface area (Å²) in [4.78, 5) is 13.1. The first-order valence-corrected chi connectivity index (χ1v) is 11.7. The lowest BCUT2D eigenvalue weighted by Crippen LogP contribution is -2.45. The van der Waals surface area contributed by atoms with Crippen molar-refractivity contribution < 1.29 is 13.2 Å². The highest BCUT2D eigenvalue weighted by molar-refractivity contribution is 7.89. The van der Waals surface area contributed by atoms with Crippen molar-refractivity contribution in [3.63, 3.8) is 0 Å². The van der Waals surface area contributed by atoms with Crippen molar-refractivity contribution >= 4 is 21.6 Å². The molecule has 156 valence electrons. The van der Waals surface area contributed by atoms with Crippen molar-refractivity contribution in [1.82, 2.24) is 4.31 Å². The van der Waals surface area contributed by atoms with E-state index in [-0.39, 0.29) is 23.4 Å². The Hall–Kier alpha value is -2.18. The molecule has 29 heavy (non-hydrogen) atoms. The summed E-state index contributed by atoms with van der Waals surface area (Å²) in [6.07, 6.45) is 4.68. The molecule has 1 fully saturated rings. The number of para-hydroxylation sites is 1. The van der Waals surface area contributed by atoms with Gasteiger partial charge in [0, 0.05) is 11.7 Å². The van der Waals surface area contributed by atoms with Gasteiger partial charge in [0.15, 0.2) is 0 Å². The molecule has 0 unspecified atom stereocenters. The van der Waals surface area contributed by atoms with Crippen molar-refractivity contribution in [3.8, 4) is 0 Å². The number of hydrogen-bond acceptors (Lipinski definition) is 3. The molecule has 0 heterocycles. The predicted octanol–water partition coefficient (Wildman–Crippen LogP) is 4.57. The van der Waals surface area contributed by atoms with Crippen LogP contribution in [0.15, 0.2) is 47.4 Å². The van der Waals surface area contributed by atoms with E-state index in [1.54, 1.807) is 24.3 Å². The first-order chi connectivity index (χ1) is 13.8. The molecule has 1 N–H and O–H groups in total. The van der Waals surface area contributed by atoms with Crippen LogP contribution in [0.4, 0.5) is 5.69 Å². The minimum Gasteiger partial charge on any atom is -0.324 e. The lowest BCUT2D eigenvalue weighted by atomic mass is 9.95. The molecule has 0 aliphatic heterocycles. The molecule has 0 bridgehead atoms. The SMILES string of the molecule is Cc1ccc(S(=O)(=O)N(CC(=O)Nc2c(C)cccc2C)C2CCCCC2)cc1. The normalized spacial score (nSPS) is 15.4. The van der Waals surface area contributed by atoms with Gasteiger partial charge in [-0.15, -0.1) is 0 Å². The van der Waals surface area contributed by atoms with Gasteiger partial charge in [-0.3, -0.25) is 4.79 Å². The van der Waals surface area contributed by atoms with Gasteiger partial charge in [-0.1, -0.05) is 55.2 Å². The summed E-state index contributed by atoms with van der Waals surface area (Å²) in [6, 6.07) is 12.5. The van der Waals surface area contributed by atoms with Crippen LogP contribution in [-0.2, 0) is 14.8 Å². The third-order valence-corrected chi connectivity index (χ3v) is 7.57. The minimum absolute atomic E-state index is 0.140. The standard InChI is InChI=1S/C23H30N2O3S/c1-17-12-14-21(15-13-17)29(27,28)25(20-10-5-4-6-11-20)16-22(26)24-23-18(2)8-7-9-19(23)3/h7-9,12-15,20H,4-6,10-11,16H2,1-3H3,(H,24,26). The molecule has 5 nitrogen and oxygen atoms in total. The average molecular weight is 415 g/mol. The summed E-state index contributed by atoms with van der Waals surface area (Å²) in [5.74, 6) is -0.302. The zero-order valence-corrected chi connectivity index (χ0v) is 18.3. The van der Waals surface area contributed by atoms with E-state index in [0.29, 0.717) is 0 Å². The van der Waals surface area contributed by atoms with E-state index in [4.69, 9.17) is 0 Å². The largest absolute Gasteiger partial charge is 0.324 e. The molecule has 1 aliphatic carbocycles.